The van der Waals surface area contributed by atoms with E-state index < -0.39 is 5.97 Å². The van der Waals surface area contributed by atoms with Crippen LogP contribution >= 0.6 is 22.9 Å². The van der Waals surface area contributed by atoms with Gasteiger partial charge in [0.25, 0.3) is 0 Å². The van der Waals surface area contributed by atoms with Crippen molar-refractivity contribution in [1.82, 2.24) is 4.98 Å². The Morgan fingerprint density at radius 3 is 2.45 bits per heavy atom. The van der Waals surface area contributed by atoms with Gasteiger partial charge < -0.3 is 5.11 Å². The highest BCUT2D eigenvalue weighted by Crippen LogP contribution is 2.50. The SMILES string of the molecule is Cc1nc(C2(c3ccc(Cl)cc3)CCC2)sc1C(=O)O. The molecule has 1 saturated carbocycles. The molecule has 0 amide bonds. The van der Waals surface area contributed by atoms with Gasteiger partial charge in [0.2, 0.25) is 0 Å². The van der Waals surface area contributed by atoms with Gasteiger partial charge in [-0.1, -0.05) is 30.2 Å². The number of aromatic nitrogens is 1. The first-order valence-corrected chi connectivity index (χ1v) is 7.70. The second-order valence-corrected chi connectivity index (χ2v) is 6.62. The van der Waals surface area contributed by atoms with Crippen LogP contribution < -0.4 is 0 Å². The summed E-state index contributed by atoms with van der Waals surface area (Å²) >= 11 is 7.25. The number of thiazole rings is 1. The third kappa shape index (κ3) is 2.03. The van der Waals surface area contributed by atoms with Crippen LogP contribution in [0.4, 0.5) is 0 Å². The van der Waals surface area contributed by atoms with Crippen molar-refractivity contribution < 1.29 is 9.90 Å². The van der Waals surface area contributed by atoms with Crippen molar-refractivity contribution in [3.8, 4) is 0 Å². The molecule has 104 valence electrons. The van der Waals surface area contributed by atoms with E-state index in [1.54, 1.807) is 6.92 Å². The van der Waals surface area contributed by atoms with Gasteiger partial charge in [-0.15, -0.1) is 11.3 Å². The molecule has 0 spiro atoms. The van der Waals surface area contributed by atoms with Gasteiger partial charge >= 0.3 is 5.97 Å². The summed E-state index contributed by atoms with van der Waals surface area (Å²) in [7, 11) is 0. The van der Waals surface area contributed by atoms with Gasteiger partial charge in [0.05, 0.1) is 5.69 Å². The largest absolute Gasteiger partial charge is 0.477 e. The number of aryl methyl sites for hydroxylation is 1. The maximum absolute atomic E-state index is 11.2. The lowest BCUT2D eigenvalue weighted by Crippen LogP contribution is -2.35. The van der Waals surface area contributed by atoms with Gasteiger partial charge in [0.1, 0.15) is 9.88 Å². The maximum atomic E-state index is 11.2. The number of nitrogens with zero attached hydrogens (tertiary/aromatic N) is 1. The predicted octanol–water partition coefficient (Wildman–Crippen LogP) is 4.27. The molecule has 1 aromatic heterocycles. The van der Waals surface area contributed by atoms with Crippen molar-refractivity contribution in [1.29, 1.82) is 0 Å². The summed E-state index contributed by atoms with van der Waals surface area (Å²) in [6, 6.07) is 7.82. The van der Waals surface area contributed by atoms with E-state index in [1.807, 2.05) is 24.3 Å². The van der Waals surface area contributed by atoms with Crippen LogP contribution in [0.3, 0.4) is 0 Å². The van der Waals surface area contributed by atoms with Crippen LogP contribution in [0, 0.1) is 6.92 Å². The van der Waals surface area contributed by atoms with Crippen LogP contribution in [-0.4, -0.2) is 16.1 Å². The summed E-state index contributed by atoms with van der Waals surface area (Å²) in [6.07, 6.45) is 3.17. The predicted molar refractivity (Wildman–Crippen MR) is 79.9 cm³/mol. The van der Waals surface area contributed by atoms with Crippen LogP contribution in [0.25, 0.3) is 0 Å². The van der Waals surface area contributed by atoms with E-state index in [0.717, 1.165) is 24.3 Å². The summed E-state index contributed by atoms with van der Waals surface area (Å²) in [4.78, 5) is 16.1. The molecular formula is C15H14ClNO2S. The summed E-state index contributed by atoms with van der Waals surface area (Å²) in [6.45, 7) is 1.76. The minimum atomic E-state index is -0.892. The molecular weight excluding hydrogens is 294 g/mol. The molecule has 3 rings (SSSR count). The van der Waals surface area contributed by atoms with E-state index in [-0.39, 0.29) is 5.41 Å². The standard InChI is InChI=1S/C15H14ClNO2S/c1-9-12(13(18)19)20-14(17-9)15(7-2-8-15)10-3-5-11(16)6-4-10/h3-6H,2,7-8H2,1H3,(H,18,19). The Balaban J connectivity index is 2.07. The van der Waals surface area contributed by atoms with E-state index in [1.165, 1.54) is 16.9 Å². The highest BCUT2D eigenvalue weighted by Gasteiger charge is 2.43. The molecule has 0 aliphatic heterocycles. The van der Waals surface area contributed by atoms with Crippen molar-refractivity contribution in [3.05, 3.63) is 50.4 Å². The number of halogens is 1. The van der Waals surface area contributed by atoms with E-state index in [9.17, 15) is 9.90 Å². The molecule has 0 radical (unpaired) electrons. The van der Waals surface area contributed by atoms with E-state index in [0.29, 0.717) is 15.6 Å². The first kappa shape index (κ1) is 13.6. The van der Waals surface area contributed by atoms with Crippen LogP contribution in [-0.2, 0) is 5.41 Å². The van der Waals surface area contributed by atoms with Gasteiger partial charge in [-0.2, -0.15) is 0 Å². The molecule has 1 aromatic carbocycles. The van der Waals surface area contributed by atoms with Gasteiger partial charge in [0, 0.05) is 10.4 Å². The number of benzene rings is 1. The first-order chi connectivity index (χ1) is 9.53. The van der Waals surface area contributed by atoms with Crippen molar-refractivity contribution in [2.45, 2.75) is 31.6 Å². The summed E-state index contributed by atoms with van der Waals surface area (Å²) in [5.74, 6) is -0.892. The van der Waals surface area contributed by atoms with Crippen molar-refractivity contribution >= 4 is 28.9 Å². The fraction of sp³-hybridized carbons (Fsp3) is 0.333. The highest BCUT2D eigenvalue weighted by atomic mass is 35.5. The Hall–Kier alpha value is -1.39. The van der Waals surface area contributed by atoms with Gasteiger partial charge in [0.15, 0.2) is 0 Å². The zero-order chi connectivity index (χ0) is 14.3. The van der Waals surface area contributed by atoms with Crippen LogP contribution in [0.1, 0.15) is 45.2 Å². The van der Waals surface area contributed by atoms with Gasteiger partial charge in [-0.25, -0.2) is 9.78 Å². The molecule has 5 heteroatoms. The highest BCUT2D eigenvalue weighted by molar-refractivity contribution is 7.13. The summed E-state index contributed by atoms with van der Waals surface area (Å²) in [5.41, 5.74) is 1.67. The zero-order valence-electron chi connectivity index (χ0n) is 11.0. The number of hydrogen-bond acceptors (Lipinski definition) is 3. The molecule has 3 nitrogen and oxygen atoms in total. The van der Waals surface area contributed by atoms with Crippen LogP contribution in [0.2, 0.25) is 5.02 Å². The second-order valence-electron chi connectivity index (χ2n) is 5.18. The number of carboxylic acids is 1. The third-order valence-electron chi connectivity index (χ3n) is 4.00. The minimum absolute atomic E-state index is 0.117. The van der Waals surface area contributed by atoms with Gasteiger partial charge in [-0.3, -0.25) is 0 Å². The molecule has 0 unspecified atom stereocenters. The number of rotatable bonds is 3. The first-order valence-electron chi connectivity index (χ1n) is 6.50. The average Bonchev–Trinajstić information content (AvgIpc) is 2.73. The zero-order valence-corrected chi connectivity index (χ0v) is 12.6. The van der Waals surface area contributed by atoms with Crippen molar-refractivity contribution in [2.24, 2.45) is 0 Å². The topological polar surface area (TPSA) is 50.2 Å². The molecule has 1 aliphatic rings. The quantitative estimate of drug-likeness (QED) is 0.921. The number of carboxylic acid groups (broad SMARTS) is 1. The number of hydrogen-bond donors (Lipinski definition) is 1. The lowest BCUT2D eigenvalue weighted by Gasteiger charge is -2.40. The Kier molecular flexibility index (Phi) is 3.30. The summed E-state index contributed by atoms with van der Waals surface area (Å²) < 4.78 is 0. The molecule has 20 heavy (non-hydrogen) atoms. The second kappa shape index (κ2) is 4.86. The average molecular weight is 308 g/mol. The number of aromatic carboxylic acids is 1. The fourth-order valence-electron chi connectivity index (χ4n) is 2.72. The van der Waals surface area contributed by atoms with E-state index >= 15 is 0 Å². The Bertz CT molecular complexity index is 659. The monoisotopic (exact) mass is 307 g/mol. The van der Waals surface area contributed by atoms with Crippen LogP contribution in [0.15, 0.2) is 24.3 Å². The Morgan fingerprint density at radius 2 is 2.00 bits per heavy atom. The molecule has 1 fully saturated rings. The Labute approximate surface area is 126 Å². The Morgan fingerprint density at radius 1 is 1.35 bits per heavy atom. The molecule has 0 bridgehead atoms. The molecule has 1 N–H and O–H groups in total. The summed E-state index contributed by atoms with van der Waals surface area (Å²) in [5, 5.41) is 10.8. The molecule has 1 aliphatic carbocycles. The van der Waals surface area contributed by atoms with Gasteiger partial charge in [-0.05, 0) is 37.5 Å². The maximum Gasteiger partial charge on any atom is 0.347 e. The number of carbonyl (C=O) groups is 1. The lowest BCUT2D eigenvalue weighted by molar-refractivity contribution is 0.0701. The normalized spacial score (nSPS) is 16.7. The molecule has 1 heterocycles. The molecule has 0 saturated heterocycles. The van der Waals surface area contributed by atoms with E-state index in [2.05, 4.69) is 4.98 Å². The van der Waals surface area contributed by atoms with Crippen LogP contribution in [0.5, 0.6) is 0 Å². The third-order valence-corrected chi connectivity index (χ3v) is 5.61. The van der Waals surface area contributed by atoms with Crippen molar-refractivity contribution in [3.63, 3.8) is 0 Å². The fourth-order valence-corrected chi connectivity index (χ4v) is 4.02. The molecule has 0 atom stereocenters. The van der Waals surface area contributed by atoms with E-state index in [4.69, 9.17) is 11.6 Å². The lowest BCUT2D eigenvalue weighted by atomic mass is 9.65. The molecule has 2 aromatic rings. The minimum Gasteiger partial charge on any atom is -0.477 e. The van der Waals surface area contributed by atoms with Crippen molar-refractivity contribution in [2.75, 3.05) is 0 Å². The smallest absolute Gasteiger partial charge is 0.347 e.